The number of carbonyl (C=O) groups excluding carboxylic acids is 1. The van der Waals surface area contributed by atoms with Crippen LogP contribution in [-0.2, 0) is 4.79 Å². The number of carbonyl (C=O) groups is 1. The van der Waals surface area contributed by atoms with Gasteiger partial charge in [-0.3, -0.25) is 9.69 Å². The smallest absolute Gasteiger partial charge is 0.227 e. The molecule has 1 N–H and O–H groups in total. The average molecular weight is 417 g/mol. The van der Waals surface area contributed by atoms with Crippen LogP contribution in [0.4, 0.5) is 5.69 Å². The van der Waals surface area contributed by atoms with E-state index in [2.05, 4.69) is 22.4 Å². The summed E-state index contributed by atoms with van der Waals surface area (Å²) < 4.78 is 10.6. The molecule has 4 rings (SSSR count). The van der Waals surface area contributed by atoms with E-state index >= 15 is 0 Å². The second-order valence-corrected chi connectivity index (χ2v) is 7.80. The van der Waals surface area contributed by atoms with Crippen molar-refractivity contribution in [1.29, 1.82) is 0 Å². The zero-order chi connectivity index (χ0) is 21.5. The zero-order valence-electron chi connectivity index (χ0n) is 17.8. The van der Waals surface area contributed by atoms with Gasteiger partial charge in [-0.05, 0) is 67.9 Å². The van der Waals surface area contributed by atoms with Crippen molar-refractivity contribution in [2.24, 2.45) is 5.92 Å². The molecule has 1 fully saturated rings. The maximum Gasteiger partial charge on any atom is 0.227 e. The maximum atomic E-state index is 12.7. The molecule has 1 aliphatic rings. The van der Waals surface area contributed by atoms with Crippen LogP contribution in [0, 0.1) is 5.92 Å². The molecule has 5 nitrogen and oxygen atoms in total. The van der Waals surface area contributed by atoms with E-state index in [-0.39, 0.29) is 11.8 Å². The van der Waals surface area contributed by atoms with Crippen molar-refractivity contribution in [1.82, 2.24) is 4.90 Å². The van der Waals surface area contributed by atoms with E-state index in [0.29, 0.717) is 0 Å². The minimum Gasteiger partial charge on any atom is -0.497 e. The van der Waals surface area contributed by atoms with E-state index in [1.807, 2.05) is 60.7 Å². The number of hydrogen-bond donors (Lipinski definition) is 1. The van der Waals surface area contributed by atoms with Crippen LogP contribution in [0.25, 0.3) is 17.4 Å². The molecule has 2 aromatic carbocycles. The van der Waals surface area contributed by atoms with E-state index in [0.717, 1.165) is 60.8 Å². The molecule has 0 atom stereocenters. The van der Waals surface area contributed by atoms with Gasteiger partial charge in [0.25, 0.3) is 0 Å². The van der Waals surface area contributed by atoms with Crippen LogP contribution >= 0.6 is 0 Å². The number of hydrogen-bond acceptors (Lipinski definition) is 4. The molecule has 1 amide bonds. The van der Waals surface area contributed by atoms with Crippen LogP contribution in [0.5, 0.6) is 5.75 Å². The van der Waals surface area contributed by atoms with Crippen molar-refractivity contribution in [3.05, 3.63) is 78.6 Å². The Balaban J connectivity index is 1.24. The first-order chi connectivity index (χ1) is 15.2. The number of ether oxygens (including phenoxy) is 1. The predicted octanol–water partition coefficient (Wildman–Crippen LogP) is 5.32. The highest BCUT2D eigenvalue weighted by atomic mass is 16.5. The normalized spacial score (nSPS) is 15.3. The molecule has 0 radical (unpaired) electrons. The van der Waals surface area contributed by atoms with Crippen LogP contribution in [0.15, 0.2) is 77.4 Å². The fourth-order valence-electron chi connectivity index (χ4n) is 3.87. The molecule has 3 aromatic rings. The van der Waals surface area contributed by atoms with Gasteiger partial charge in [0.15, 0.2) is 0 Å². The number of amides is 1. The highest BCUT2D eigenvalue weighted by molar-refractivity contribution is 5.93. The molecular weight excluding hydrogens is 388 g/mol. The second-order valence-electron chi connectivity index (χ2n) is 7.80. The van der Waals surface area contributed by atoms with Crippen molar-refractivity contribution in [2.75, 3.05) is 32.1 Å². The summed E-state index contributed by atoms with van der Waals surface area (Å²) in [6.07, 6.45) is 7.72. The summed E-state index contributed by atoms with van der Waals surface area (Å²) in [5, 5.41) is 3.08. The molecule has 0 saturated carbocycles. The zero-order valence-corrected chi connectivity index (χ0v) is 17.8. The number of piperidine rings is 1. The Morgan fingerprint density at radius 3 is 2.65 bits per heavy atom. The number of rotatable bonds is 7. The van der Waals surface area contributed by atoms with E-state index in [9.17, 15) is 4.79 Å². The van der Waals surface area contributed by atoms with Crippen molar-refractivity contribution < 1.29 is 13.9 Å². The quantitative estimate of drug-likeness (QED) is 0.566. The van der Waals surface area contributed by atoms with E-state index in [1.54, 1.807) is 13.4 Å². The summed E-state index contributed by atoms with van der Waals surface area (Å²) in [5.41, 5.74) is 2.93. The van der Waals surface area contributed by atoms with Gasteiger partial charge in [0.05, 0.1) is 13.4 Å². The Bertz CT molecular complexity index is 1000. The molecule has 1 aliphatic heterocycles. The summed E-state index contributed by atoms with van der Waals surface area (Å²) in [6.45, 7) is 2.75. The summed E-state index contributed by atoms with van der Waals surface area (Å²) in [4.78, 5) is 15.1. The highest BCUT2D eigenvalue weighted by Crippen LogP contribution is 2.24. The Morgan fingerprint density at radius 2 is 1.94 bits per heavy atom. The lowest BCUT2D eigenvalue weighted by molar-refractivity contribution is -0.121. The average Bonchev–Trinajstić information content (AvgIpc) is 3.35. The van der Waals surface area contributed by atoms with Crippen molar-refractivity contribution >= 4 is 17.7 Å². The fraction of sp³-hybridized carbons (Fsp3) is 0.269. The Labute approximate surface area is 183 Å². The van der Waals surface area contributed by atoms with E-state index < -0.39 is 0 Å². The molecule has 0 unspecified atom stereocenters. The molecule has 0 bridgehead atoms. The van der Waals surface area contributed by atoms with Gasteiger partial charge < -0.3 is 14.5 Å². The molecule has 5 heteroatoms. The first kappa shape index (κ1) is 20.9. The highest BCUT2D eigenvalue weighted by Gasteiger charge is 2.24. The van der Waals surface area contributed by atoms with Crippen LogP contribution in [0.2, 0.25) is 0 Å². The molecule has 0 spiro atoms. The molecule has 1 saturated heterocycles. The lowest BCUT2D eigenvalue weighted by Crippen LogP contribution is -2.38. The lowest BCUT2D eigenvalue weighted by atomic mass is 9.95. The topological polar surface area (TPSA) is 54.7 Å². The van der Waals surface area contributed by atoms with Crippen molar-refractivity contribution in [3.63, 3.8) is 0 Å². The summed E-state index contributed by atoms with van der Waals surface area (Å²) in [6, 6.07) is 19.6. The molecule has 0 aliphatic carbocycles. The molecule has 2 heterocycles. The molecule has 1 aromatic heterocycles. The number of likely N-dealkylation sites (tertiary alicyclic amines) is 1. The predicted molar refractivity (Wildman–Crippen MR) is 124 cm³/mol. The van der Waals surface area contributed by atoms with Crippen molar-refractivity contribution in [2.45, 2.75) is 12.8 Å². The van der Waals surface area contributed by atoms with Crippen LogP contribution in [0.3, 0.4) is 0 Å². The Hall–Kier alpha value is -3.31. The van der Waals surface area contributed by atoms with Crippen LogP contribution < -0.4 is 10.1 Å². The van der Waals surface area contributed by atoms with Crippen molar-refractivity contribution in [3.8, 4) is 17.1 Å². The van der Waals surface area contributed by atoms with Gasteiger partial charge in [-0.25, -0.2) is 0 Å². The largest absolute Gasteiger partial charge is 0.497 e. The lowest BCUT2D eigenvalue weighted by Gasteiger charge is -2.30. The van der Waals surface area contributed by atoms with Gasteiger partial charge in [-0.2, -0.15) is 0 Å². The monoisotopic (exact) mass is 416 g/mol. The third-order valence-electron chi connectivity index (χ3n) is 5.68. The number of nitrogens with one attached hydrogen (secondary N) is 1. The minimum atomic E-state index is 0.0501. The maximum absolute atomic E-state index is 12.7. The minimum absolute atomic E-state index is 0.0501. The SMILES string of the molecule is COc1ccc(/C=C/CN2CCC(C(=O)Nc3cccc(-c4ccco4)c3)CC2)cc1. The third-order valence-corrected chi connectivity index (χ3v) is 5.68. The third kappa shape index (κ3) is 5.64. The van der Waals surface area contributed by atoms with Gasteiger partial charge in [0.1, 0.15) is 11.5 Å². The number of methoxy groups -OCH3 is 1. The molecular formula is C26H28N2O3. The van der Waals surface area contributed by atoms with Gasteiger partial charge in [0.2, 0.25) is 5.91 Å². The van der Waals surface area contributed by atoms with Crippen LogP contribution in [-0.4, -0.2) is 37.6 Å². The molecule has 160 valence electrons. The number of anilines is 1. The van der Waals surface area contributed by atoms with Gasteiger partial charge in [-0.15, -0.1) is 0 Å². The van der Waals surface area contributed by atoms with Gasteiger partial charge in [-0.1, -0.05) is 36.4 Å². The van der Waals surface area contributed by atoms with Crippen LogP contribution in [0.1, 0.15) is 18.4 Å². The number of nitrogens with zero attached hydrogens (tertiary/aromatic N) is 1. The number of furan rings is 1. The Kier molecular flexibility index (Phi) is 6.85. The van der Waals surface area contributed by atoms with Gasteiger partial charge >= 0.3 is 0 Å². The summed E-state index contributed by atoms with van der Waals surface area (Å²) in [5.74, 6) is 1.82. The first-order valence-electron chi connectivity index (χ1n) is 10.7. The Morgan fingerprint density at radius 1 is 1.13 bits per heavy atom. The van der Waals surface area contributed by atoms with E-state index in [4.69, 9.17) is 9.15 Å². The standard InChI is InChI=1S/C26H28N2O3/c1-30-24-11-9-20(10-12-24)5-3-15-28-16-13-21(14-17-28)26(29)27-23-7-2-6-22(19-23)25-8-4-18-31-25/h2-12,18-19,21H,13-17H2,1H3,(H,27,29)/b5-3+. The second kappa shape index (κ2) is 10.1. The first-order valence-corrected chi connectivity index (χ1v) is 10.7. The summed E-state index contributed by atoms with van der Waals surface area (Å²) >= 11 is 0. The fourth-order valence-corrected chi connectivity index (χ4v) is 3.87. The van der Waals surface area contributed by atoms with Gasteiger partial charge in [0, 0.05) is 23.7 Å². The molecule has 31 heavy (non-hydrogen) atoms. The van der Waals surface area contributed by atoms with E-state index in [1.165, 1.54) is 0 Å². The number of benzene rings is 2. The summed E-state index contributed by atoms with van der Waals surface area (Å²) in [7, 11) is 1.67.